The molecule has 0 aromatic rings. The minimum atomic E-state index is -0.0163. The van der Waals surface area contributed by atoms with E-state index in [0.717, 1.165) is 44.8 Å². The van der Waals surface area contributed by atoms with Crippen LogP contribution in [0, 0.1) is 11.3 Å². The van der Waals surface area contributed by atoms with Crippen molar-refractivity contribution in [2.24, 2.45) is 11.3 Å². The molecule has 1 heterocycles. The highest BCUT2D eigenvalue weighted by Crippen LogP contribution is 2.34. The lowest BCUT2D eigenvalue weighted by Crippen LogP contribution is -2.40. The first-order chi connectivity index (χ1) is 11.1. The second kappa shape index (κ2) is 8.51. The molecule has 2 aliphatic rings. The molecule has 142 valence electrons. The molecule has 0 spiro atoms. The monoisotopic (exact) mass is 339 g/mol. The van der Waals surface area contributed by atoms with Gasteiger partial charge in [-0.1, -0.05) is 20.8 Å². The number of piperidine rings is 1. The van der Waals surface area contributed by atoms with Gasteiger partial charge in [-0.3, -0.25) is 0 Å². The van der Waals surface area contributed by atoms with E-state index in [4.69, 9.17) is 9.47 Å². The second-order valence-electron chi connectivity index (χ2n) is 9.98. The molecule has 0 aromatic carbocycles. The SMILES string of the molecule is CC(C)(C)OC1CCC(OCCN2CCC(C(C)(C)C)CC2)CC1. The molecular formula is C21H41NO2. The minimum Gasteiger partial charge on any atom is -0.377 e. The maximum Gasteiger partial charge on any atom is 0.0602 e. The van der Waals surface area contributed by atoms with E-state index < -0.39 is 0 Å². The number of hydrogen-bond donors (Lipinski definition) is 0. The van der Waals surface area contributed by atoms with Crippen molar-refractivity contribution in [1.82, 2.24) is 4.90 Å². The molecule has 0 bridgehead atoms. The molecule has 0 radical (unpaired) electrons. The smallest absolute Gasteiger partial charge is 0.0602 e. The van der Waals surface area contributed by atoms with Crippen LogP contribution in [0.2, 0.25) is 0 Å². The molecule has 0 atom stereocenters. The van der Waals surface area contributed by atoms with Crippen molar-refractivity contribution in [3.05, 3.63) is 0 Å². The lowest BCUT2D eigenvalue weighted by Gasteiger charge is -2.39. The number of likely N-dealkylation sites (tertiary alicyclic amines) is 1. The molecular weight excluding hydrogens is 298 g/mol. The van der Waals surface area contributed by atoms with Gasteiger partial charge in [0, 0.05) is 6.54 Å². The van der Waals surface area contributed by atoms with Gasteiger partial charge in [0.1, 0.15) is 0 Å². The predicted molar refractivity (Wildman–Crippen MR) is 101 cm³/mol. The number of nitrogens with zero attached hydrogens (tertiary/aromatic N) is 1. The molecule has 0 aromatic heterocycles. The van der Waals surface area contributed by atoms with Gasteiger partial charge in [-0.15, -0.1) is 0 Å². The van der Waals surface area contributed by atoms with E-state index in [1.165, 1.54) is 25.9 Å². The summed E-state index contributed by atoms with van der Waals surface area (Å²) in [7, 11) is 0. The normalized spacial score (nSPS) is 28.2. The van der Waals surface area contributed by atoms with Crippen LogP contribution in [0.3, 0.4) is 0 Å². The van der Waals surface area contributed by atoms with Crippen LogP contribution in [0.4, 0.5) is 0 Å². The van der Waals surface area contributed by atoms with Gasteiger partial charge in [0.05, 0.1) is 24.4 Å². The number of hydrogen-bond acceptors (Lipinski definition) is 3. The molecule has 0 amide bonds. The van der Waals surface area contributed by atoms with Gasteiger partial charge in [-0.05, 0) is 83.7 Å². The van der Waals surface area contributed by atoms with Crippen molar-refractivity contribution in [1.29, 1.82) is 0 Å². The molecule has 1 aliphatic carbocycles. The highest BCUT2D eigenvalue weighted by molar-refractivity contribution is 4.81. The van der Waals surface area contributed by atoms with E-state index >= 15 is 0 Å². The highest BCUT2D eigenvalue weighted by atomic mass is 16.5. The number of ether oxygens (including phenoxy) is 2. The average molecular weight is 340 g/mol. The van der Waals surface area contributed by atoms with Crippen molar-refractivity contribution in [3.8, 4) is 0 Å². The van der Waals surface area contributed by atoms with Crippen molar-refractivity contribution in [2.75, 3.05) is 26.2 Å². The first-order valence-electron chi connectivity index (χ1n) is 10.2. The first kappa shape index (κ1) is 20.2. The van der Waals surface area contributed by atoms with Crippen LogP contribution in [0.25, 0.3) is 0 Å². The highest BCUT2D eigenvalue weighted by Gasteiger charge is 2.29. The van der Waals surface area contributed by atoms with Gasteiger partial charge in [0.15, 0.2) is 0 Å². The zero-order valence-corrected chi connectivity index (χ0v) is 17.1. The van der Waals surface area contributed by atoms with Gasteiger partial charge < -0.3 is 14.4 Å². The Morgan fingerprint density at radius 2 is 1.33 bits per heavy atom. The van der Waals surface area contributed by atoms with Crippen LogP contribution >= 0.6 is 0 Å². The van der Waals surface area contributed by atoms with Crippen molar-refractivity contribution >= 4 is 0 Å². The summed E-state index contributed by atoms with van der Waals surface area (Å²) < 4.78 is 12.3. The van der Waals surface area contributed by atoms with E-state index in [2.05, 4.69) is 46.4 Å². The van der Waals surface area contributed by atoms with Crippen LogP contribution in [0.15, 0.2) is 0 Å². The molecule has 2 fully saturated rings. The van der Waals surface area contributed by atoms with Crippen molar-refractivity contribution in [3.63, 3.8) is 0 Å². The Hall–Kier alpha value is -0.120. The van der Waals surface area contributed by atoms with E-state index in [-0.39, 0.29) is 5.60 Å². The fraction of sp³-hybridized carbons (Fsp3) is 1.00. The van der Waals surface area contributed by atoms with E-state index in [9.17, 15) is 0 Å². The van der Waals surface area contributed by atoms with Crippen LogP contribution in [0.5, 0.6) is 0 Å². The minimum absolute atomic E-state index is 0.0163. The predicted octanol–water partition coefficient (Wildman–Crippen LogP) is 4.89. The van der Waals surface area contributed by atoms with Crippen LogP contribution in [0.1, 0.15) is 80.1 Å². The lowest BCUT2D eigenvalue weighted by atomic mass is 9.75. The Morgan fingerprint density at radius 1 is 0.792 bits per heavy atom. The zero-order valence-electron chi connectivity index (χ0n) is 17.1. The molecule has 1 saturated heterocycles. The Morgan fingerprint density at radius 3 is 1.83 bits per heavy atom. The zero-order chi connectivity index (χ0) is 17.8. The number of rotatable bonds is 5. The fourth-order valence-electron chi connectivity index (χ4n) is 4.19. The van der Waals surface area contributed by atoms with Crippen molar-refractivity contribution in [2.45, 2.75) is 97.9 Å². The average Bonchev–Trinajstić information content (AvgIpc) is 2.47. The molecule has 0 N–H and O–H groups in total. The standard InChI is InChI=1S/C21H41NO2/c1-20(2,3)17-11-13-22(14-12-17)15-16-23-18-7-9-19(10-8-18)24-21(4,5)6/h17-19H,7-16H2,1-6H3. The molecule has 3 nitrogen and oxygen atoms in total. The molecule has 24 heavy (non-hydrogen) atoms. The van der Waals surface area contributed by atoms with E-state index in [1.54, 1.807) is 0 Å². The summed E-state index contributed by atoms with van der Waals surface area (Å²) in [5.41, 5.74) is 0.452. The molecule has 3 heteroatoms. The van der Waals surface area contributed by atoms with Crippen molar-refractivity contribution < 1.29 is 9.47 Å². The fourth-order valence-corrected chi connectivity index (χ4v) is 4.19. The summed E-state index contributed by atoms with van der Waals surface area (Å²) in [5.74, 6) is 0.882. The van der Waals surface area contributed by atoms with E-state index in [0.29, 0.717) is 17.6 Å². The Balaban J connectivity index is 1.56. The maximum absolute atomic E-state index is 6.16. The second-order valence-corrected chi connectivity index (χ2v) is 9.98. The summed E-state index contributed by atoms with van der Waals surface area (Å²) in [6, 6.07) is 0. The molecule has 1 saturated carbocycles. The summed E-state index contributed by atoms with van der Waals surface area (Å²) in [6.07, 6.45) is 8.20. The Bertz CT molecular complexity index is 353. The van der Waals surface area contributed by atoms with Gasteiger partial charge in [0.25, 0.3) is 0 Å². The summed E-state index contributed by atoms with van der Waals surface area (Å²) in [6.45, 7) is 18.1. The Kier molecular flexibility index (Phi) is 7.16. The van der Waals surface area contributed by atoms with Gasteiger partial charge in [-0.2, -0.15) is 0 Å². The maximum atomic E-state index is 6.16. The van der Waals surface area contributed by atoms with E-state index in [1.807, 2.05) is 0 Å². The summed E-state index contributed by atoms with van der Waals surface area (Å²) >= 11 is 0. The van der Waals surface area contributed by atoms with Gasteiger partial charge in [-0.25, -0.2) is 0 Å². The Labute approximate surface area is 150 Å². The third kappa shape index (κ3) is 7.01. The first-order valence-corrected chi connectivity index (χ1v) is 10.2. The summed E-state index contributed by atoms with van der Waals surface area (Å²) in [5, 5.41) is 0. The van der Waals surface area contributed by atoms with Crippen LogP contribution < -0.4 is 0 Å². The van der Waals surface area contributed by atoms with Gasteiger partial charge in [0.2, 0.25) is 0 Å². The van der Waals surface area contributed by atoms with Gasteiger partial charge >= 0.3 is 0 Å². The largest absolute Gasteiger partial charge is 0.377 e. The molecule has 1 aliphatic heterocycles. The molecule has 0 unspecified atom stereocenters. The summed E-state index contributed by atoms with van der Waals surface area (Å²) in [4.78, 5) is 2.59. The third-order valence-corrected chi connectivity index (χ3v) is 5.71. The topological polar surface area (TPSA) is 21.7 Å². The van der Waals surface area contributed by atoms with Crippen LogP contribution in [-0.2, 0) is 9.47 Å². The lowest BCUT2D eigenvalue weighted by molar-refractivity contribution is -0.0944. The molecule has 2 rings (SSSR count). The third-order valence-electron chi connectivity index (χ3n) is 5.71. The van der Waals surface area contributed by atoms with Crippen LogP contribution in [-0.4, -0.2) is 49.0 Å². The quantitative estimate of drug-likeness (QED) is 0.712.